The predicted molar refractivity (Wildman–Crippen MR) is 116 cm³/mol. The Balaban J connectivity index is 1.53. The van der Waals surface area contributed by atoms with Gasteiger partial charge in [0.1, 0.15) is 5.71 Å². The lowest BCUT2D eigenvalue weighted by Gasteiger charge is -2.23. The molecule has 0 aliphatic carbocycles. The number of anilines is 1. The van der Waals surface area contributed by atoms with Crippen molar-refractivity contribution >= 4 is 58.2 Å². The van der Waals surface area contributed by atoms with Crippen molar-refractivity contribution in [3.63, 3.8) is 0 Å². The number of ether oxygens (including phenoxy) is 1. The number of hydrazone groups is 1. The summed E-state index contributed by atoms with van der Waals surface area (Å²) in [5.41, 5.74) is 1.25. The number of amides is 4. The molecule has 4 amide bonds. The summed E-state index contributed by atoms with van der Waals surface area (Å²) in [7, 11) is 0. The SMILES string of the molecule is Cc1ccc(N2N=C(C(=O)OCC(=O)NC(=O)NCc3cccs3)CCC2=O)cc1Cl. The van der Waals surface area contributed by atoms with Crippen LogP contribution in [0, 0.1) is 6.92 Å². The number of hydrogen-bond donors (Lipinski definition) is 2. The number of hydrogen-bond acceptors (Lipinski definition) is 7. The first-order chi connectivity index (χ1) is 14.8. The molecule has 0 spiro atoms. The Bertz CT molecular complexity index is 1040. The third-order valence-electron chi connectivity index (χ3n) is 4.26. The number of aryl methyl sites for hydroxylation is 1. The van der Waals surface area contributed by atoms with Crippen molar-refractivity contribution in [2.24, 2.45) is 5.10 Å². The van der Waals surface area contributed by atoms with E-state index in [2.05, 4.69) is 15.7 Å². The van der Waals surface area contributed by atoms with Crippen LogP contribution in [0.4, 0.5) is 10.5 Å². The topological polar surface area (TPSA) is 117 Å². The van der Waals surface area contributed by atoms with Crippen molar-refractivity contribution < 1.29 is 23.9 Å². The molecule has 2 N–H and O–H groups in total. The van der Waals surface area contributed by atoms with Crippen LogP contribution in [0.25, 0.3) is 0 Å². The van der Waals surface area contributed by atoms with E-state index in [4.69, 9.17) is 16.3 Å². The Hall–Kier alpha value is -3.24. The normalized spacial score (nSPS) is 13.4. The first kappa shape index (κ1) is 22.4. The van der Waals surface area contributed by atoms with E-state index in [1.54, 1.807) is 18.2 Å². The number of urea groups is 1. The standard InChI is InChI=1S/C20H19ClN4O5S/c1-12-4-5-13(9-15(12)21)25-18(27)7-6-16(24-25)19(28)30-11-17(26)23-20(29)22-10-14-3-2-8-31-14/h2-5,8-9H,6-7,10-11H2,1H3,(H2,22,23,26,29). The Morgan fingerprint density at radius 2 is 2.06 bits per heavy atom. The molecule has 1 aliphatic rings. The molecule has 0 radical (unpaired) electrons. The second-order valence-corrected chi connectivity index (χ2v) is 8.01. The van der Waals surface area contributed by atoms with Crippen LogP contribution in [0.2, 0.25) is 5.02 Å². The Kier molecular flexibility index (Phi) is 7.37. The summed E-state index contributed by atoms with van der Waals surface area (Å²) in [6.45, 7) is 1.44. The van der Waals surface area contributed by atoms with E-state index in [0.29, 0.717) is 10.7 Å². The van der Waals surface area contributed by atoms with E-state index in [-0.39, 0.29) is 31.0 Å². The van der Waals surface area contributed by atoms with Crippen LogP contribution in [0.15, 0.2) is 40.8 Å². The van der Waals surface area contributed by atoms with E-state index in [1.165, 1.54) is 11.3 Å². The molecule has 11 heteroatoms. The van der Waals surface area contributed by atoms with Crippen molar-refractivity contribution in [3.05, 3.63) is 51.2 Å². The molecule has 0 bridgehead atoms. The van der Waals surface area contributed by atoms with Gasteiger partial charge in [-0.25, -0.2) is 14.6 Å². The molecule has 0 unspecified atom stereocenters. The van der Waals surface area contributed by atoms with Crippen LogP contribution in [-0.4, -0.2) is 36.1 Å². The summed E-state index contributed by atoms with van der Waals surface area (Å²) in [4.78, 5) is 49.0. The number of nitrogens with one attached hydrogen (secondary N) is 2. The van der Waals surface area contributed by atoms with Crippen molar-refractivity contribution in [2.75, 3.05) is 11.6 Å². The fourth-order valence-corrected chi connectivity index (χ4v) is 3.44. The van der Waals surface area contributed by atoms with Crippen molar-refractivity contribution in [1.82, 2.24) is 10.6 Å². The van der Waals surface area contributed by atoms with Gasteiger partial charge in [-0.1, -0.05) is 23.7 Å². The highest BCUT2D eigenvalue weighted by molar-refractivity contribution is 7.09. The number of halogens is 1. The van der Waals surface area contributed by atoms with Crippen LogP contribution in [0.3, 0.4) is 0 Å². The quantitative estimate of drug-likeness (QED) is 0.640. The molecule has 2 aromatic rings. The highest BCUT2D eigenvalue weighted by Gasteiger charge is 2.27. The maximum atomic E-state index is 12.3. The zero-order valence-electron chi connectivity index (χ0n) is 16.5. The molecule has 2 heterocycles. The van der Waals surface area contributed by atoms with Crippen LogP contribution in [0.5, 0.6) is 0 Å². The van der Waals surface area contributed by atoms with Gasteiger partial charge in [0, 0.05) is 22.7 Å². The molecule has 0 saturated heterocycles. The monoisotopic (exact) mass is 462 g/mol. The lowest BCUT2D eigenvalue weighted by atomic mass is 10.1. The smallest absolute Gasteiger partial charge is 0.355 e. The molecule has 1 aliphatic heterocycles. The summed E-state index contributed by atoms with van der Waals surface area (Å²) in [5, 5.41) is 12.1. The van der Waals surface area contributed by atoms with Crippen molar-refractivity contribution in [1.29, 1.82) is 0 Å². The van der Waals surface area contributed by atoms with Crippen LogP contribution in [-0.2, 0) is 25.7 Å². The highest BCUT2D eigenvalue weighted by Crippen LogP contribution is 2.26. The summed E-state index contributed by atoms with van der Waals surface area (Å²) in [6.07, 6.45) is 0.132. The van der Waals surface area contributed by atoms with Crippen LogP contribution >= 0.6 is 22.9 Å². The number of carbonyl (C=O) groups excluding carboxylic acids is 4. The van der Waals surface area contributed by atoms with E-state index < -0.39 is 24.5 Å². The van der Waals surface area contributed by atoms with Gasteiger partial charge in [-0.15, -0.1) is 11.3 Å². The van der Waals surface area contributed by atoms with Gasteiger partial charge in [0.2, 0.25) is 5.91 Å². The number of carbonyl (C=O) groups is 4. The minimum Gasteiger partial charge on any atom is -0.451 e. The number of nitrogens with zero attached hydrogens (tertiary/aromatic N) is 2. The summed E-state index contributed by atoms with van der Waals surface area (Å²) in [5.74, 6) is -1.92. The molecule has 9 nitrogen and oxygen atoms in total. The molecule has 3 rings (SSSR count). The van der Waals surface area contributed by atoms with E-state index in [9.17, 15) is 19.2 Å². The molecule has 1 aromatic carbocycles. The average molecular weight is 463 g/mol. The molecule has 1 aromatic heterocycles. The Labute approximate surface area is 187 Å². The van der Waals surface area contributed by atoms with Crippen LogP contribution in [0.1, 0.15) is 23.3 Å². The van der Waals surface area contributed by atoms with Gasteiger partial charge in [0.25, 0.3) is 5.91 Å². The molecule has 0 atom stereocenters. The predicted octanol–water partition coefficient (Wildman–Crippen LogP) is 2.76. The van der Waals surface area contributed by atoms with E-state index in [1.807, 2.05) is 24.4 Å². The summed E-state index contributed by atoms with van der Waals surface area (Å²) < 4.78 is 4.93. The number of thiophene rings is 1. The molecule has 31 heavy (non-hydrogen) atoms. The molecule has 0 fully saturated rings. The zero-order chi connectivity index (χ0) is 22.4. The highest BCUT2D eigenvalue weighted by atomic mass is 35.5. The molecule has 162 valence electrons. The van der Waals surface area contributed by atoms with Crippen LogP contribution < -0.4 is 15.6 Å². The Morgan fingerprint density at radius 1 is 1.26 bits per heavy atom. The molecule has 0 saturated carbocycles. The van der Waals surface area contributed by atoms with Gasteiger partial charge in [-0.3, -0.25) is 14.9 Å². The first-order valence-electron chi connectivity index (χ1n) is 9.27. The zero-order valence-corrected chi connectivity index (χ0v) is 18.1. The van der Waals surface area contributed by atoms with E-state index in [0.717, 1.165) is 15.4 Å². The third kappa shape index (κ3) is 6.12. The third-order valence-corrected chi connectivity index (χ3v) is 5.54. The van der Waals surface area contributed by atoms with Gasteiger partial charge in [0.05, 0.1) is 12.2 Å². The second kappa shape index (κ2) is 10.2. The van der Waals surface area contributed by atoms with Gasteiger partial charge >= 0.3 is 12.0 Å². The number of rotatable bonds is 6. The lowest BCUT2D eigenvalue weighted by Crippen LogP contribution is -2.41. The molecular formula is C20H19ClN4O5S. The Morgan fingerprint density at radius 3 is 2.77 bits per heavy atom. The second-order valence-electron chi connectivity index (χ2n) is 6.57. The van der Waals surface area contributed by atoms with Gasteiger partial charge in [-0.05, 0) is 36.1 Å². The average Bonchev–Trinajstić information content (AvgIpc) is 3.26. The minimum atomic E-state index is -0.843. The van der Waals surface area contributed by atoms with Gasteiger partial charge < -0.3 is 10.1 Å². The largest absolute Gasteiger partial charge is 0.451 e. The van der Waals surface area contributed by atoms with Crippen molar-refractivity contribution in [3.8, 4) is 0 Å². The number of imide groups is 1. The molecular weight excluding hydrogens is 444 g/mol. The number of esters is 1. The number of benzene rings is 1. The van der Waals surface area contributed by atoms with Gasteiger partial charge in [0.15, 0.2) is 6.61 Å². The van der Waals surface area contributed by atoms with Crippen molar-refractivity contribution in [2.45, 2.75) is 26.3 Å². The lowest BCUT2D eigenvalue weighted by molar-refractivity contribution is -0.142. The fourth-order valence-electron chi connectivity index (χ4n) is 2.62. The maximum absolute atomic E-state index is 12.3. The van der Waals surface area contributed by atoms with E-state index >= 15 is 0 Å². The summed E-state index contributed by atoms with van der Waals surface area (Å²) in [6, 6.07) is 7.98. The summed E-state index contributed by atoms with van der Waals surface area (Å²) >= 11 is 7.57. The maximum Gasteiger partial charge on any atom is 0.355 e. The first-order valence-corrected chi connectivity index (χ1v) is 10.5. The van der Waals surface area contributed by atoms with Gasteiger partial charge in [-0.2, -0.15) is 5.10 Å². The fraction of sp³-hybridized carbons (Fsp3) is 0.250. The minimum absolute atomic E-state index is 0.00811.